The minimum absolute atomic E-state index is 0.00165. The molecule has 198 valence electrons. The normalized spacial score (nSPS) is 14.3. The number of methoxy groups -OCH3 is 1. The Morgan fingerprint density at radius 3 is 1.69 bits per heavy atom. The lowest BCUT2D eigenvalue weighted by molar-refractivity contribution is -0.150. The lowest BCUT2D eigenvalue weighted by Crippen LogP contribution is -2.28. The summed E-state index contributed by atoms with van der Waals surface area (Å²) < 4.78 is 40.0. The van der Waals surface area contributed by atoms with Crippen molar-refractivity contribution in [3.8, 4) is 11.5 Å². The molecule has 2 rings (SSSR count). The summed E-state index contributed by atoms with van der Waals surface area (Å²) in [6, 6.07) is 9.24. The van der Waals surface area contributed by atoms with Crippen molar-refractivity contribution in [2.75, 3.05) is 32.8 Å². The molecule has 2 aromatic rings. The molecule has 0 heterocycles. The summed E-state index contributed by atoms with van der Waals surface area (Å²) in [4.78, 5) is 23.0. The molecule has 0 saturated heterocycles. The van der Waals surface area contributed by atoms with Gasteiger partial charge in [-0.3, -0.25) is 13.8 Å². The molecule has 1 unspecified atom stereocenters. The van der Waals surface area contributed by atoms with Crippen molar-refractivity contribution >= 4 is 62.1 Å². The Morgan fingerprint density at radius 2 is 1.31 bits per heavy atom. The maximum absolute atomic E-state index is 13.6. The van der Waals surface area contributed by atoms with Crippen molar-refractivity contribution in [2.45, 2.75) is 35.8 Å². The molecule has 0 saturated carbocycles. The Morgan fingerprint density at radius 1 is 0.861 bits per heavy atom. The lowest BCUT2D eigenvalue weighted by Gasteiger charge is -2.18. The minimum Gasteiger partial charge on any atom is -0.488 e. The van der Waals surface area contributed by atoms with Gasteiger partial charge in [-0.05, 0) is 42.3 Å². The first-order valence-electron chi connectivity index (χ1n) is 10.6. The first kappa shape index (κ1) is 30.1. The molecule has 12 heteroatoms. The molecule has 2 aromatic carbocycles. The van der Waals surface area contributed by atoms with E-state index in [0.29, 0.717) is 21.3 Å². The summed E-state index contributed by atoms with van der Waals surface area (Å²) in [5.74, 6) is 3.62. The van der Waals surface area contributed by atoms with E-state index in [1.165, 1.54) is 33.1 Å². The average molecular weight is 582 g/mol. The third kappa shape index (κ3) is 8.74. The van der Waals surface area contributed by atoms with E-state index in [1.807, 2.05) is 0 Å². The van der Waals surface area contributed by atoms with Crippen LogP contribution in [-0.2, 0) is 33.3 Å². The van der Waals surface area contributed by atoms with Crippen LogP contribution < -0.4 is 9.47 Å². The van der Waals surface area contributed by atoms with Gasteiger partial charge in [-0.25, -0.2) is 0 Å². The van der Waals surface area contributed by atoms with E-state index in [2.05, 4.69) is 5.87 Å². The summed E-state index contributed by atoms with van der Waals surface area (Å²) in [7, 11) is -1.51. The zero-order chi connectivity index (χ0) is 26.9. The lowest BCUT2D eigenvalue weighted by atomic mass is 10.3. The third-order valence-electron chi connectivity index (χ3n) is 4.61. The van der Waals surface area contributed by atoms with E-state index < -0.39 is 33.7 Å². The highest BCUT2D eigenvalue weighted by Crippen LogP contribution is 2.33. The molecule has 0 aromatic heterocycles. The van der Waals surface area contributed by atoms with Gasteiger partial charge < -0.3 is 23.7 Å². The number of alkyl halides is 1. The van der Waals surface area contributed by atoms with Crippen molar-refractivity contribution in [2.24, 2.45) is 0 Å². The molecule has 0 fully saturated rings. The molecular weight excluding hydrogens is 555 g/mol. The maximum Gasteiger partial charge on any atom is 0.303 e. The molecule has 0 aliphatic rings. The summed E-state index contributed by atoms with van der Waals surface area (Å²) in [5, 5.41) is 0.396. The second-order valence-corrected chi connectivity index (χ2v) is 11.0. The second kappa shape index (κ2) is 13.9. The number of esters is 2. The Balaban J connectivity index is 2.15. The smallest absolute Gasteiger partial charge is 0.303 e. The third-order valence-corrected chi connectivity index (χ3v) is 7.57. The van der Waals surface area contributed by atoms with Crippen LogP contribution in [0.3, 0.4) is 0 Å². The molecule has 3 atom stereocenters. The first-order valence-corrected chi connectivity index (χ1v) is 13.6. The zero-order valence-electron chi connectivity index (χ0n) is 20.0. The highest BCUT2D eigenvalue weighted by molar-refractivity contribution is 8.00. The fourth-order valence-electron chi connectivity index (χ4n) is 2.99. The van der Waals surface area contributed by atoms with Gasteiger partial charge in [0.2, 0.25) is 0 Å². The van der Waals surface area contributed by atoms with E-state index >= 15 is 0 Å². The molecule has 0 N–H and O–H groups in total. The largest absolute Gasteiger partial charge is 0.488 e. The van der Waals surface area contributed by atoms with Gasteiger partial charge >= 0.3 is 11.9 Å². The van der Waals surface area contributed by atoms with Gasteiger partial charge in [0.05, 0.1) is 22.5 Å². The van der Waals surface area contributed by atoms with Crippen molar-refractivity contribution in [3.63, 3.8) is 0 Å². The number of rotatable bonds is 13. The Hall–Kier alpha value is -2.17. The van der Waals surface area contributed by atoms with Crippen LogP contribution in [0.1, 0.15) is 13.8 Å². The van der Waals surface area contributed by atoms with Crippen LogP contribution in [0.15, 0.2) is 46.2 Å². The van der Waals surface area contributed by atoms with Gasteiger partial charge in [0.15, 0.2) is 6.10 Å². The fraction of sp³-hybridized carbons (Fsp3) is 0.375. The van der Waals surface area contributed by atoms with Gasteiger partial charge in [0.25, 0.3) is 0 Å². The van der Waals surface area contributed by atoms with Gasteiger partial charge in [-0.1, -0.05) is 23.2 Å². The molecule has 0 bridgehead atoms. The quantitative estimate of drug-likeness (QED) is 0.192. The number of carbonyl (C=O) groups excluding carboxylic acids is 2. The van der Waals surface area contributed by atoms with Crippen LogP contribution in [0.25, 0.3) is 0 Å². The Labute approximate surface area is 225 Å². The van der Waals surface area contributed by atoms with Gasteiger partial charge in [0.1, 0.15) is 30.8 Å². The monoisotopic (exact) mass is 580 g/mol. The summed E-state index contributed by atoms with van der Waals surface area (Å²) >= 11 is 18.5. The van der Waals surface area contributed by atoms with Crippen LogP contribution in [0.2, 0.25) is 10.0 Å². The minimum atomic E-state index is -2.98. The van der Waals surface area contributed by atoms with E-state index in [-0.39, 0.29) is 35.7 Å². The van der Waals surface area contributed by atoms with E-state index in [1.54, 1.807) is 24.3 Å². The van der Waals surface area contributed by atoms with Gasteiger partial charge in [-0.15, -0.1) is 11.6 Å². The number of halogens is 3. The maximum atomic E-state index is 13.6. The fourth-order valence-corrected chi connectivity index (χ4v) is 5.21. The molecule has 36 heavy (non-hydrogen) atoms. The predicted octanol–water partition coefficient (Wildman–Crippen LogP) is 4.63. The predicted molar refractivity (Wildman–Crippen MR) is 139 cm³/mol. The molecule has 0 aliphatic carbocycles. The van der Waals surface area contributed by atoms with Crippen LogP contribution in [0, 0.1) is 0 Å². The average Bonchev–Trinajstić information content (AvgIpc) is 2.80. The topological polar surface area (TPSA) is 97.4 Å². The molecule has 0 radical (unpaired) electrons. The van der Waals surface area contributed by atoms with E-state index in [0.717, 1.165) is 0 Å². The number of hydrogen-bond acceptors (Lipinski definition) is 8. The van der Waals surface area contributed by atoms with Crippen LogP contribution in [-0.4, -0.2) is 67.0 Å². The zero-order valence-corrected chi connectivity index (χ0v) is 23.0. The Kier molecular flexibility index (Phi) is 11.6. The number of hydrogen-bond donors (Lipinski definition) is 0. The van der Waals surface area contributed by atoms with Crippen LogP contribution >= 0.6 is 34.8 Å². The highest BCUT2D eigenvalue weighted by Gasteiger charge is 2.19. The molecule has 8 nitrogen and oxygen atoms in total. The Bertz CT molecular complexity index is 1170. The number of ether oxygens (including phenoxy) is 5. The van der Waals surface area contributed by atoms with Crippen molar-refractivity contribution in [1.82, 2.24) is 0 Å². The summed E-state index contributed by atoms with van der Waals surface area (Å²) in [6.45, 7) is 2.74. The molecule has 0 amide bonds. The highest BCUT2D eigenvalue weighted by atomic mass is 35.5. The van der Waals surface area contributed by atoms with Crippen molar-refractivity contribution in [1.29, 1.82) is 0 Å². The molecular formula is C24H27Cl3O8S. The molecule has 0 spiro atoms. The summed E-state index contributed by atoms with van der Waals surface area (Å²) in [6.07, 6.45) is -1.25. The van der Waals surface area contributed by atoms with E-state index in [9.17, 15) is 13.8 Å². The van der Waals surface area contributed by atoms with Gasteiger partial charge in [0, 0.05) is 40.3 Å². The summed E-state index contributed by atoms with van der Waals surface area (Å²) in [5.41, 5.74) is 0. The van der Waals surface area contributed by atoms with Crippen molar-refractivity contribution < 1.29 is 37.5 Å². The van der Waals surface area contributed by atoms with E-state index in [4.69, 9.17) is 58.5 Å². The number of benzene rings is 2. The van der Waals surface area contributed by atoms with Crippen molar-refractivity contribution in [3.05, 3.63) is 46.4 Å². The molecule has 0 aliphatic heterocycles. The second-order valence-electron chi connectivity index (χ2n) is 7.55. The number of carbonyl (C=O) groups is 2. The van der Waals surface area contributed by atoms with Gasteiger partial charge in [-0.2, -0.15) is 0 Å². The standard InChI is InChI=1S/C24H27Cl3O8S/c1-15(28)34-17(11-25)13-32-23-7-5-19(9-21(23)26)36(4,30)20-6-8-24(22(27)10-20)33-14-18(12-31-3)35-16(2)29/h5-10,17-18H,4,11-14H2,1-3H3/t17-,18+,36?/m0/s1. The first-order chi connectivity index (χ1) is 17.0. The van der Waals surface area contributed by atoms with Crippen LogP contribution in [0.5, 0.6) is 11.5 Å². The van der Waals surface area contributed by atoms with Crippen LogP contribution in [0.4, 0.5) is 0 Å². The SMILES string of the molecule is C=S(=O)(c1ccc(OC[C@@H](COC)OC(C)=O)c(Cl)c1)c1ccc(OC[C@H](CCl)OC(C)=O)c(Cl)c1.